The average Bonchev–Trinajstić information content (AvgIpc) is 2.73. The Morgan fingerprint density at radius 2 is 2.00 bits per heavy atom. The summed E-state index contributed by atoms with van der Waals surface area (Å²) in [6.45, 7) is 0. The lowest BCUT2D eigenvalue weighted by atomic mass is 9.96. The molecular weight excluding hydrogens is 328 g/mol. The number of rotatable bonds is 2. The molecule has 0 spiro atoms. The summed E-state index contributed by atoms with van der Waals surface area (Å²) in [5.74, 6) is 0.466. The summed E-state index contributed by atoms with van der Waals surface area (Å²) in [6, 6.07) is 2.03. The van der Waals surface area contributed by atoms with Crippen LogP contribution in [0.15, 0.2) is 13.6 Å². The van der Waals surface area contributed by atoms with Crippen LogP contribution in [-0.4, -0.2) is 5.11 Å². The minimum absolute atomic E-state index is 0.283. The average molecular weight is 340 g/mol. The van der Waals surface area contributed by atoms with E-state index in [2.05, 4.69) is 31.9 Å². The first kappa shape index (κ1) is 11.1. The molecule has 1 aliphatic carbocycles. The highest BCUT2D eigenvalue weighted by atomic mass is 79.9. The summed E-state index contributed by atoms with van der Waals surface area (Å²) >= 11 is 8.56. The Bertz CT molecular complexity index is 318. The zero-order chi connectivity index (χ0) is 10.1. The van der Waals surface area contributed by atoms with Crippen LogP contribution in [0.25, 0.3) is 0 Å². The van der Waals surface area contributed by atoms with Crippen LogP contribution in [0.2, 0.25) is 0 Å². The van der Waals surface area contributed by atoms with E-state index in [1.54, 1.807) is 11.3 Å². The Morgan fingerprint density at radius 3 is 2.50 bits per heavy atom. The smallest absolute Gasteiger partial charge is 0.0837 e. The lowest BCUT2D eigenvalue weighted by Gasteiger charge is -2.16. The molecule has 0 saturated heterocycles. The van der Waals surface area contributed by atoms with Crippen molar-refractivity contribution in [1.29, 1.82) is 0 Å². The van der Waals surface area contributed by atoms with E-state index in [0.717, 1.165) is 13.1 Å². The first-order valence-electron chi connectivity index (χ1n) is 4.81. The van der Waals surface area contributed by atoms with Gasteiger partial charge in [0.05, 0.1) is 13.7 Å². The van der Waals surface area contributed by atoms with Crippen LogP contribution in [0.5, 0.6) is 0 Å². The van der Waals surface area contributed by atoms with E-state index in [0.29, 0.717) is 5.92 Å². The van der Waals surface area contributed by atoms with E-state index >= 15 is 0 Å². The third-order valence-corrected chi connectivity index (χ3v) is 5.23. The molecule has 1 unspecified atom stereocenters. The maximum absolute atomic E-state index is 10.2. The van der Waals surface area contributed by atoms with E-state index in [-0.39, 0.29) is 6.10 Å². The second kappa shape index (κ2) is 4.64. The Hall–Kier alpha value is 0.620. The van der Waals surface area contributed by atoms with Crippen LogP contribution < -0.4 is 0 Å². The molecule has 1 aliphatic rings. The minimum atomic E-state index is -0.283. The zero-order valence-corrected chi connectivity index (χ0v) is 11.7. The Labute approximate surface area is 105 Å². The Kier molecular flexibility index (Phi) is 3.68. The fourth-order valence-electron chi connectivity index (χ4n) is 2.08. The normalized spacial score (nSPS) is 20.2. The SMILES string of the molecule is OC(c1cc(Br)sc1Br)C1CCCC1. The van der Waals surface area contributed by atoms with Crippen molar-refractivity contribution >= 4 is 43.2 Å². The molecule has 1 saturated carbocycles. The highest BCUT2D eigenvalue weighted by Gasteiger charge is 2.26. The third-order valence-electron chi connectivity index (χ3n) is 2.85. The number of hydrogen-bond acceptors (Lipinski definition) is 2. The van der Waals surface area contributed by atoms with Crippen LogP contribution in [0, 0.1) is 5.92 Å². The molecule has 4 heteroatoms. The molecule has 2 rings (SSSR count). The largest absolute Gasteiger partial charge is 0.388 e. The molecule has 0 aliphatic heterocycles. The van der Waals surface area contributed by atoms with Crippen LogP contribution in [-0.2, 0) is 0 Å². The number of aliphatic hydroxyl groups is 1. The number of hydrogen-bond donors (Lipinski definition) is 1. The second-order valence-electron chi connectivity index (χ2n) is 3.77. The van der Waals surface area contributed by atoms with E-state index in [9.17, 15) is 5.11 Å². The zero-order valence-electron chi connectivity index (χ0n) is 7.67. The lowest BCUT2D eigenvalue weighted by molar-refractivity contribution is 0.111. The molecule has 0 radical (unpaired) electrons. The molecule has 1 aromatic heterocycles. The van der Waals surface area contributed by atoms with E-state index in [1.165, 1.54) is 25.7 Å². The van der Waals surface area contributed by atoms with Gasteiger partial charge in [-0.25, -0.2) is 0 Å². The van der Waals surface area contributed by atoms with Gasteiger partial charge < -0.3 is 5.11 Å². The monoisotopic (exact) mass is 338 g/mol. The van der Waals surface area contributed by atoms with Gasteiger partial charge in [-0.15, -0.1) is 11.3 Å². The summed E-state index contributed by atoms with van der Waals surface area (Å²) in [7, 11) is 0. The molecule has 1 N–H and O–H groups in total. The van der Waals surface area contributed by atoms with Crippen molar-refractivity contribution in [2.45, 2.75) is 31.8 Å². The fourth-order valence-corrected chi connectivity index (χ4v) is 4.99. The molecule has 0 bridgehead atoms. The topological polar surface area (TPSA) is 20.2 Å². The molecule has 14 heavy (non-hydrogen) atoms. The summed E-state index contributed by atoms with van der Waals surface area (Å²) < 4.78 is 2.14. The van der Waals surface area contributed by atoms with Gasteiger partial charge in [-0.05, 0) is 56.7 Å². The van der Waals surface area contributed by atoms with Gasteiger partial charge in [-0.3, -0.25) is 0 Å². The van der Waals surface area contributed by atoms with Crippen molar-refractivity contribution in [3.05, 3.63) is 19.2 Å². The summed E-state index contributed by atoms with van der Waals surface area (Å²) in [5, 5.41) is 10.2. The van der Waals surface area contributed by atoms with Crippen LogP contribution in [0.1, 0.15) is 37.4 Å². The molecule has 1 aromatic rings. The number of halogens is 2. The molecule has 1 atom stereocenters. The highest BCUT2D eigenvalue weighted by molar-refractivity contribution is 9.12. The predicted octanol–water partition coefficient (Wildman–Crippen LogP) is 4.50. The maximum atomic E-state index is 10.2. The van der Waals surface area contributed by atoms with E-state index in [1.807, 2.05) is 6.07 Å². The quantitative estimate of drug-likeness (QED) is 0.841. The highest BCUT2D eigenvalue weighted by Crippen LogP contribution is 2.42. The van der Waals surface area contributed by atoms with Gasteiger partial charge in [-0.1, -0.05) is 12.8 Å². The van der Waals surface area contributed by atoms with E-state index < -0.39 is 0 Å². The standard InChI is InChI=1S/C10H12Br2OS/c11-8-5-7(10(12)14-8)9(13)6-3-1-2-4-6/h5-6,9,13H,1-4H2. The first-order valence-corrected chi connectivity index (χ1v) is 7.21. The van der Waals surface area contributed by atoms with Crippen molar-refractivity contribution in [3.8, 4) is 0 Å². The van der Waals surface area contributed by atoms with Gasteiger partial charge in [0.25, 0.3) is 0 Å². The first-order chi connectivity index (χ1) is 6.68. The Morgan fingerprint density at radius 1 is 1.36 bits per heavy atom. The van der Waals surface area contributed by atoms with Crippen molar-refractivity contribution < 1.29 is 5.11 Å². The van der Waals surface area contributed by atoms with Gasteiger partial charge >= 0.3 is 0 Å². The second-order valence-corrected chi connectivity index (χ2v) is 7.52. The summed E-state index contributed by atoms with van der Waals surface area (Å²) in [5.41, 5.74) is 1.05. The molecule has 1 fully saturated rings. The lowest BCUT2D eigenvalue weighted by Crippen LogP contribution is -2.08. The third kappa shape index (κ3) is 2.23. The van der Waals surface area contributed by atoms with Gasteiger partial charge in [-0.2, -0.15) is 0 Å². The fraction of sp³-hybridized carbons (Fsp3) is 0.600. The molecule has 0 amide bonds. The molecule has 0 aromatic carbocycles. The van der Waals surface area contributed by atoms with Crippen LogP contribution >= 0.6 is 43.2 Å². The van der Waals surface area contributed by atoms with Crippen molar-refractivity contribution in [2.75, 3.05) is 0 Å². The van der Waals surface area contributed by atoms with Crippen LogP contribution in [0.4, 0.5) is 0 Å². The molecule has 1 nitrogen and oxygen atoms in total. The Balaban J connectivity index is 2.17. The van der Waals surface area contributed by atoms with E-state index in [4.69, 9.17) is 0 Å². The van der Waals surface area contributed by atoms with Crippen molar-refractivity contribution in [3.63, 3.8) is 0 Å². The summed E-state index contributed by atoms with van der Waals surface area (Å²) in [4.78, 5) is 0. The minimum Gasteiger partial charge on any atom is -0.388 e. The predicted molar refractivity (Wildman–Crippen MR) is 66.6 cm³/mol. The van der Waals surface area contributed by atoms with Crippen molar-refractivity contribution in [1.82, 2.24) is 0 Å². The van der Waals surface area contributed by atoms with Crippen molar-refractivity contribution in [2.24, 2.45) is 5.92 Å². The van der Waals surface area contributed by atoms with Gasteiger partial charge in [0.15, 0.2) is 0 Å². The van der Waals surface area contributed by atoms with Crippen LogP contribution in [0.3, 0.4) is 0 Å². The maximum Gasteiger partial charge on any atom is 0.0837 e. The number of aliphatic hydroxyl groups excluding tert-OH is 1. The molecule has 78 valence electrons. The van der Waals surface area contributed by atoms with Gasteiger partial charge in [0.1, 0.15) is 0 Å². The summed E-state index contributed by atoms with van der Waals surface area (Å²) in [6.07, 6.45) is 4.59. The number of thiophene rings is 1. The van der Waals surface area contributed by atoms with Gasteiger partial charge in [0.2, 0.25) is 0 Å². The molecular formula is C10H12Br2OS. The van der Waals surface area contributed by atoms with Gasteiger partial charge in [0, 0.05) is 5.56 Å². The molecule has 1 heterocycles.